The van der Waals surface area contributed by atoms with Gasteiger partial charge in [0.05, 0.1) is 0 Å². The molecule has 1 atom stereocenters. The quantitative estimate of drug-likeness (QED) is 0.605. The summed E-state index contributed by atoms with van der Waals surface area (Å²) >= 11 is 0. The van der Waals surface area contributed by atoms with Crippen molar-refractivity contribution < 1.29 is 26.1 Å². The van der Waals surface area contributed by atoms with E-state index in [0.29, 0.717) is 0 Å². The molecule has 0 fully saturated rings. The second-order valence-electron chi connectivity index (χ2n) is 3.12. The lowest BCUT2D eigenvalue weighted by Crippen LogP contribution is -2.21. The van der Waals surface area contributed by atoms with Crippen molar-refractivity contribution >= 4 is 10.1 Å². The Bertz CT molecular complexity index is 429. The summed E-state index contributed by atoms with van der Waals surface area (Å²) < 4.78 is 57.5. The fourth-order valence-corrected chi connectivity index (χ4v) is 0.757. The van der Waals surface area contributed by atoms with E-state index in [0.717, 1.165) is 0 Å². The Morgan fingerprint density at radius 2 is 1.59 bits per heavy atom. The average molecular weight is 271 g/mol. The number of hydrogen-bond donors (Lipinski definition) is 2. The van der Waals surface area contributed by atoms with Crippen LogP contribution in [-0.4, -0.2) is 18.5 Å². The molecule has 17 heavy (non-hydrogen) atoms. The zero-order chi connectivity index (χ0) is 13.7. The Kier molecular flexibility index (Phi) is 5.59. The smallest absolute Gasteiger partial charge is 0.324 e. The molecule has 0 saturated carbocycles. The minimum atomic E-state index is -5.84. The summed E-state index contributed by atoms with van der Waals surface area (Å²) in [5.41, 5.74) is 1.27. The Morgan fingerprint density at radius 3 is 1.76 bits per heavy atom. The molecule has 1 aromatic carbocycles. The van der Waals surface area contributed by atoms with E-state index in [1.165, 1.54) is 5.56 Å². The molecule has 0 bridgehead atoms. The lowest BCUT2D eigenvalue weighted by atomic mass is 10.1. The number of hydrogen-bond acceptors (Lipinski definition) is 3. The van der Waals surface area contributed by atoms with Crippen molar-refractivity contribution in [2.24, 2.45) is 5.73 Å². The summed E-state index contributed by atoms with van der Waals surface area (Å²) in [7, 11) is -5.84. The molecule has 0 radical (unpaired) electrons. The third-order valence-electron chi connectivity index (χ3n) is 1.62. The van der Waals surface area contributed by atoms with Gasteiger partial charge in [0.2, 0.25) is 0 Å². The van der Waals surface area contributed by atoms with Crippen LogP contribution in [0.25, 0.3) is 0 Å². The van der Waals surface area contributed by atoms with Gasteiger partial charge in [-0.2, -0.15) is 21.6 Å². The first-order chi connectivity index (χ1) is 7.55. The van der Waals surface area contributed by atoms with Gasteiger partial charge in [-0.25, -0.2) is 0 Å². The van der Waals surface area contributed by atoms with Crippen molar-refractivity contribution in [3.63, 3.8) is 0 Å². The van der Waals surface area contributed by atoms with Gasteiger partial charge in [-0.15, -0.1) is 0 Å². The van der Waals surface area contributed by atoms with Crippen molar-refractivity contribution in [1.29, 1.82) is 0 Å². The number of alkyl halides is 3. The predicted molar refractivity (Wildman–Crippen MR) is 56.6 cm³/mol. The van der Waals surface area contributed by atoms with E-state index in [2.05, 4.69) is 0 Å². The molecular formula is C9H12F3NO3S. The van der Waals surface area contributed by atoms with Crippen molar-refractivity contribution in [3.8, 4) is 0 Å². The molecule has 0 spiro atoms. The van der Waals surface area contributed by atoms with Crippen LogP contribution >= 0.6 is 0 Å². The zero-order valence-corrected chi connectivity index (χ0v) is 9.66. The monoisotopic (exact) mass is 271 g/mol. The van der Waals surface area contributed by atoms with E-state index in [9.17, 15) is 13.2 Å². The van der Waals surface area contributed by atoms with Crippen LogP contribution in [0.2, 0.25) is 0 Å². The second kappa shape index (κ2) is 5.99. The van der Waals surface area contributed by atoms with E-state index in [4.69, 9.17) is 18.7 Å². The number of benzene rings is 1. The third-order valence-corrected chi connectivity index (χ3v) is 2.20. The minimum Gasteiger partial charge on any atom is -0.324 e. The maximum absolute atomic E-state index is 10.7. The van der Waals surface area contributed by atoms with E-state index in [1.807, 2.05) is 37.3 Å². The van der Waals surface area contributed by atoms with E-state index in [1.54, 1.807) is 0 Å². The predicted octanol–water partition coefficient (Wildman–Crippen LogP) is 2.10. The van der Waals surface area contributed by atoms with Gasteiger partial charge in [-0.05, 0) is 12.5 Å². The summed E-state index contributed by atoms with van der Waals surface area (Å²) in [5, 5.41) is 0. The van der Waals surface area contributed by atoms with Crippen molar-refractivity contribution in [3.05, 3.63) is 35.9 Å². The highest BCUT2D eigenvalue weighted by Crippen LogP contribution is 2.20. The van der Waals surface area contributed by atoms with E-state index >= 15 is 0 Å². The highest BCUT2D eigenvalue weighted by molar-refractivity contribution is 7.86. The molecule has 0 heterocycles. The van der Waals surface area contributed by atoms with Crippen LogP contribution < -0.4 is 5.73 Å². The first-order valence-corrected chi connectivity index (χ1v) is 5.84. The maximum Gasteiger partial charge on any atom is 0.522 e. The molecule has 98 valence electrons. The highest BCUT2D eigenvalue weighted by atomic mass is 32.2. The fraction of sp³-hybridized carbons (Fsp3) is 0.333. The van der Waals surface area contributed by atoms with Crippen LogP contribution in [0.5, 0.6) is 0 Å². The van der Waals surface area contributed by atoms with Gasteiger partial charge in [-0.3, -0.25) is 4.55 Å². The molecule has 8 heteroatoms. The van der Waals surface area contributed by atoms with E-state index < -0.39 is 15.6 Å². The van der Waals surface area contributed by atoms with Crippen LogP contribution in [0.4, 0.5) is 13.2 Å². The van der Waals surface area contributed by atoms with Gasteiger partial charge < -0.3 is 5.73 Å². The number of nitrogens with two attached hydrogens (primary N) is 1. The van der Waals surface area contributed by atoms with Gasteiger partial charge >= 0.3 is 15.6 Å². The molecule has 1 aromatic rings. The topological polar surface area (TPSA) is 80.4 Å². The normalized spacial score (nSPS) is 13.5. The van der Waals surface area contributed by atoms with Crippen LogP contribution in [-0.2, 0) is 10.1 Å². The van der Waals surface area contributed by atoms with Crippen molar-refractivity contribution in [1.82, 2.24) is 0 Å². The fourth-order valence-electron chi connectivity index (χ4n) is 0.757. The van der Waals surface area contributed by atoms with Gasteiger partial charge in [0.25, 0.3) is 0 Å². The second-order valence-corrected chi connectivity index (χ2v) is 4.53. The standard InChI is InChI=1S/C8H11N.CHF3O3S/c1-7(9)8-5-3-2-4-6-8;2-1(3,4)8(5,6)7/h2-7H,9H2,1H3;(H,5,6,7). The summed E-state index contributed by atoms with van der Waals surface area (Å²) in [4.78, 5) is 0. The number of halogens is 3. The Balaban J connectivity index is 0.000000304. The largest absolute Gasteiger partial charge is 0.522 e. The summed E-state index contributed by atoms with van der Waals surface area (Å²) in [5.74, 6) is 0. The highest BCUT2D eigenvalue weighted by Gasteiger charge is 2.44. The number of rotatable bonds is 1. The summed E-state index contributed by atoms with van der Waals surface area (Å²) in [6, 6.07) is 10.2. The lowest BCUT2D eigenvalue weighted by Gasteiger charge is -2.02. The van der Waals surface area contributed by atoms with Gasteiger partial charge in [-0.1, -0.05) is 30.3 Å². The molecule has 0 amide bonds. The van der Waals surface area contributed by atoms with Gasteiger partial charge in [0.1, 0.15) is 0 Å². The molecule has 4 nitrogen and oxygen atoms in total. The van der Waals surface area contributed by atoms with Crippen LogP contribution in [0, 0.1) is 0 Å². The Morgan fingerprint density at radius 1 is 1.24 bits per heavy atom. The van der Waals surface area contributed by atoms with Crippen LogP contribution in [0.3, 0.4) is 0 Å². The zero-order valence-electron chi connectivity index (χ0n) is 8.85. The maximum atomic E-state index is 10.7. The molecular weight excluding hydrogens is 259 g/mol. The van der Waals surface area contributed by atoms with Crippen LogP contribution in [0.1, 0.15) is 18.5 Å². The first kappa shape index (κ1) is 15.9. The summed E-state index contributed by atoms with van der Waals surface area (Å²) in [6.07, 6.45) is 0. The SMILES string of the molecule is CC(N)c1ccccc1.O=S(=O)(O)C(F)(F)F. The molecule has 1 rings (SSSR count). The van der Waals surface area contributed by atoms with Crippen LogP contribution in [0.15, 0.2) is 30.3 Å². The average Bonchev–Trinajstić information content (AvgIpc) is 2.17. The van der Waals surface area contributed by atoms with E-state index in [-0.39, 0.29) is 6.04 Å². The van der Waals surface area contributed by atoms with Gasteiger partial charge in [0.15, 0.2) is 0 Å². The molecule has 0 aromatic heterocycles. The van der Waals surface area contributed by atoms with Gasteiger partial charge in [0, 0.05) is 6.04 Å². The lowest BCUT2D eigenvalue weighted by molar-refractivity contribution is -0.0510. The molecule has 0 aliphatic carbocycles. The summed E-state index contributed by atoms with van der Waals surface area (Å²) in [6.45, 7) is 1.98. The molecule has 3 N–H and O–H groups in total. The molecule has 0 aliphatic rings. The molecule has 0 saturated heterocycles. The Labute approximate surface area is 97.0 Å². The van der Waals surface area contributed by atoms with Crippen molar-refractivity contribution in [2.75, 3.05) is 0 Å². The third kappa shape index (κ3) is 6.25. The first-order valence-electron chi connectivity index (χ1n) is 4.40. The Hall–Kier alpha value is -1.12. The molecule has 0 aliphatic heterocycles. The minimum absolute atomic E-state index is 0.159. The van der Waals surface area contributed by atoms with Crippen molar-refractivity contribution in [2.45, 2.75) is 18.5 Å². The molecule has 1 unspecified atom stereocenters.